The Morgan fingerprint density at radius 2 is 1.75 bits per heavy atom. The molecular formula is C21H24N4O3. The Morgan fingerprint density at radius 3 is 2.36 bits per heavy atom. The van der Waals surface area contributed by atoms with Crippen molar-refractivity contribution < 1.29 is 14.3 Å². The maximum Gasteiger partial charge on any atom is 0.414 e. The highest BCUT2D eigenvalue weighted by Gasteiger charge is 2.26. The second-order valence-corrected chi connectivity index (χ2v) is 7.25. The highest BCUT2D eigenvalue weighted by atomic mass is 16.6. The SMILES string of the molecule is Cc1cnc(N2CCN(C(=O)c3ccc(N4CCOC4=O)cc3)CC2)c(C)c1. The average molecular weight is 380 g/mol. The minimum atomic E-state index is -0.338. The Kier molecular flexibility index (Phi) is 4.90. The third-order valence-electron chi connectivity index (χ3n) is 5.24. The third kappa shape index (κ3) is 3.52. The molecular weight excluding hydrogens is 356 g/mol. The Labute approximate surface area is 164 Å². The Bertz CT molecular complexity index is 889. The molecule has 7 heteroatoms. The molecule has 3 heterocycles. The molecule has 2 aliphatic heterocycles. The number of rotatable bonds is 3. The zero-order valence-electron chi connectivity index (χ0n) is 16.2. The van der Waals surface area contributed by atoms with Crippen molar-refractivity contribution in [2.24, 2.45) is 0 Å². The summed E-state index contributed by atoms with van der Waals surface area (Å²) in [4.78, 5) is 34.7. The summed E-state index contributed by atoms with van der Waals surface area (Å²) < 4.78 is 4.96. The van der Waals surface area contributed by atoms with Gasteiger partial charge in [0.05, 0.1) is 6.54 Å². The van der Waals surface area contributed by atoms with Gasteiger partial charge in [0.15, 0.2) is 0 Å². The number of aryl methyl sites for hydroxylation is 2. The molecule has 2 aromatic rings. The Morgan fingerprint density at radius 1 is 1.04 bits per heavy atom. The van der Waals surface area contributed by atoms with E-state index in [-0.39, 0.29) is 12.0 Å². The molecule has 0 aliphatic carbocycles. The van der Waals surface area contributed by atoms with Gasteiger partial charge in [-0.2, -0.15) is 0 Å². The first-order valence-electron chi connectivity index (χ1n) is 9.55. The number of piperazine rings is 1. The molecule has 2 aliphatic rings. The van der Waals surface area contributed by atoms with E-state index >= 15 is 0 Å². The van der Waals surface area contributed by atoms with E-state index in [9.17, 15) is 9.59 Å². The van der Waals surface area contributed by atoms with Crippen LogP contribution in [0.5, 0.6) is 0 Å². The molecule has 0 atom stereocenters. The molecule has 2 fully saturated rings. The van der Waals surface area contributed by atoms with Gasteiger partial charge in [-0.1, -0.05) is 6.07 Å². The smallest absolute Gasteiger partial charge is 0.414 e. The number of amides is 2. The number of hydrogen-bond donors (Lipinski definition) is 0. The van der Waals surface area contributed by atoms with Crippen molar-refractivity contribution in [3.05, 3.63) is 53.2 Å². The van der Waals surface area contributed by atoms with Gasteiger partial charge in [-0.05, 0) is 49.2 Å². The number of benzene rings is 1. The summed E-state index contributed by atoms with van der Waals surface area (Å²) in [6, 6.07) is 9.30. The van der Waals surface area contributed by atoms with Gasteiger partial charge in [-0.15, -0.1) is 0 Å². The average Bonchev–Trinajstić information content (AvgIpc) is 3.14. The molecule has 0 unspecified atom stereocenters. The van der Waals surface area contributed by atoms with Crippen LogP contribution in [0.4, 0.5) is 16.3 Å². The van der Waals surface area contributed by atoms with E-state index in [0.29, 0.717) is 31.8 Å². The van der Waals surface area contributed by atoms with Crippen LogP contribution < -0.4 is 9.80 Å². The molecule has 2 saturated heterocycles. The van der Waals surface area contributed by atoms with E-state index in [1.54, 1.807) is 29.2 Å². The number of aromatic nitrogens is 1. The van der Waals surface area contributed by atoms with Gasteiger partial charge in [-0.3, -0.25) is 9.69 Å². The van der Waals surface area contributed by atoms with E-state index < -0.39 is 0 Å². The molecule has 0 saturated carbocycles. The predicted octanol–water partition coefficient (Wildman–Crippen LogP) is 2.62. The number of nitrogens with zero attached hydrogens (tertiary/aromatic N) is 4. The largest absolute Gasteiger partial charge is 0.447 e. The molecule has 28 heavy (non-hydrogen) atoms. The quantitative estimate of drug-likeness (QED) is 0.819. The molecule has 4 rings (SSSR count). The van der Waals surface area contributed by atoms with Crippen molar-refractivity contribution in [2.45, 2.75) is 13.8 Å². The fourth-order valence-corrected chi connectivity index (χ4v) is 3.75. The van der Waals surface area contributed by atoms with Gasteiger partial charge in [0, 0.05) is 43.6 Å². The molecule has 0 bridgehead atoms. The van der Waals surface area contributed by atoms with E-state index in [2.05, 4.69) is 22.9 Å². The lowest BCUT2D eigenvalue weighted by Crippen LogP contribution is -2.49. The Balaban J connectivity index is 1.39. The lowest BCUT2D eigenvalue weighted by atomic mass is 10.1. The van der Waals surface area contributed by atoms with Gasteiger partial charge in [-0.25, -0.2) is 9.78 Å². The van der Waals surface area contributed by atoms with Gasteiger partial charge < -0.3 is 14.5 Å². The number of pyridine rings is 1. The minimum absolute atomic E-state index is 0.0174. The molecule has 146 valence electrons. The van der Waals surface area contributed by atoms with E-state index in [0.717, 1.165) is 35.7 Å². The van der Waals surface area contributed by atoms with Crippen LogP contribution >= 0.6 is 0 Å². The van der Waals surface area contributed by atoms with Crippen molar-refractivity contribution in [1.82, 2.24) is 9.88 Å². The van der Waals surface area contributed by atoms with Crippen LogP contribution in [-0.4, -0.2) is 61.2 Å². The van der Waals surface area contributed by atoms with Crippen molar-refractivity contribution in [1.29, 1.82) is 0 Å². The van der Waals surface area contributed by atoms with Crippen LogP contribution in [0.3, 0.4) is 0 Å². The van der Waals surface area contributed by atoms with Gasteiger partial charge in [0.25, 0.3) is 5.91 Å². The Hall–Kier alpha value is -3.09. The van der Waals surface area contributed by atoms with Gasteiger partial charge >= 0.3 is 6.09 Å². The molecule has 0 radical (unpaired) electrons. The topological polar surface area (TPSA) is 66.0 Å². The van der Waals surface area contributed by atoms with Crippen LogP contribution in [0.1, 0.15) is 21.5 Å². The number of cyclic esters (lactones) is 1. The summed E-state index contributed by atoms with van der Waals surface area (Å²) >= 11 is 0. The lowest BCUT2D eigenvalue weighted by molar-refractivity contribution is 0.0746. The predicted molar refractivity (Wildman–Crippen MR) is 107 cm³/mol. The lowest BCUT2D eigenvalue weighted by Gasteiger charge is -2.36. The van der Waals surface area contributed by atoms with Gasteiger partial charge in [0.2, 0.25) is 0 Å². The summed E-state index contributed by atoms with van der Waals surface area (Å²) in [7, 11) is 0. The summed E-state index contributed by atoms with van der Waals surface area (Å²) in [5.41, 5.74) is 3.70. The maximum atomic E-state index is 12.8. The number of carbonyl (C=O) groups is 2. The van der Waals surface area contributed by atoms with Gasteiger partial charge in [0.1, 0.15) is 12.4 Å². The summed E-state index contributed by atoms with van der Waals surface area (Å²) in [6.07, 6.45) is 1.55. The van der Waals surface area contributed by atoms with Crippen LogP contribution in [0.25, 0.3) is 0 Å². The first-order chi connectivity index (χ1) is 13.5. The molecule has 2 amide bonds. The molecule has 7 nitrogen and oxygen atoms in total. The number of carbonyl (C=O) groups excluding carboxylic acids is 2. The number of anilines is 2. The second kappa shape index (κ2) is 7.50. The van der Waals surface area contributed by atoms with Crippen molar-refractivity contribution >= 4 is 23.5 Å². The van der Waals surface area contributed by atoms with Crippen molar-refractivity contribution in [2.75, 3.05) is 49.1 Å². The second-order valence-electron chi connectivity index (χ2n) is 7.25. The van der Waals surface area contributed by atoms with Crippen LogP contribution in [0, 0.1) is 13.8 Å². The third-order valence-corrected chi connectivity index (χ3v) is 5.24. The molecule has 1 aromatic heterocycles. The van der Waals surface area contributed by atoms with Crippen LogP contribution in [-0.2, 0) is 4.74 Å². The summed E-state index contributed by atoms with van der Waals surface area (Å²) in [5.74, 6) is 1.02. The normalized spacial score (nSPS) is 17.1. The van der Waals surface area contributed by atoms with Crippen LogP contribution in [0.2, 0.25) is 0 Å². The number of hydrogen-bond acceptors (Lipinski definition) is 5. The highest BCUT2D eigenvalue weighted by molar-refractivity contribution is 5.95. The zero-order valence-corrected chi connectivity index (χ0v) is 16.2. The first-order valence-corrected chi connectivity index (χ1v) is 9.55. The van der Waals surface area contributed by atoms with E-state index in [1.807, 2.05) is 18.0 Å². The monoisotopic (exact) mass is 380 g/mol. The van der Waals surface area contributed by atoms with Crippen molar-refractivity contribution in [3.8, 4) is 0 Å². The summed E-state index contributed by atoms with van der Waals surface area (Å²) in [5, 5.41) is 0. The minimum Gasteiger partial charge on any atom is -0.447 e. The highest BCUT2D eigenvalue weighted by Crippen LogP contribution is 2.22. The fraction of sp³-hybridized carbons (Fsp3) is 0.381. The van der Waals surface area contributed by atoms with E-state index in [1.165, 1.54) is 0 Å². The maximum absolute atomic E-state index is 12.8. The van der Waals surface area contributed by atoms with Crippen LogP contribution in [0.15, 0.2) is 36.5 Å². The van der Waals surface area contributed by atoms with Crippen molar-refractivity contribution in [3.63, 3.8) is 0 Å². The standard InChI is InChI=1S/C21H24N4O3/c1-15-13-16(2)19(22-14-15)23-7-9-24(10-8-23)20(26)17-3-5-18(6-4-17)25-11-12-28-21(25)27/h3-6,13-14H,7-12H2,1-2H3. The zero-order chi connectivity index (χ0) is 19.7. The first kappa shape index (κ1) is 18.3. The molecule has 0 spiro atoms. The fourth-order valence-electron chi connectivity index (χ4n) is 3.75. The molecule has 0 N–H and O–H groups in total. The molecule has 1 aromatic carbocycles. The van der Waals surface area contributed by atoms with E-state index in [4.69, 9.17) is 4.74 Å². The number of ether oxygens (including phenoxy) is 1. The summed E-state index contributed by atoms with van der Waals surface area (Å²) in [6.45, 7) is 7.91.